The van der Waals surface area contributed by atoms with Gasteiger partial charge in [0.1, 0.15) is 12.4 Å². The fraction of sp³-hybridized carbons (Fsp3) is 0.429. The normalized spacial score (nSPS) is 18.2. The van der Waals surface area contributed by atoms with Gasteiger partial charge in [-0.25, -0.2) is 0 Å². The topological polar surface area (TPSA) is 93.4 Å². The van der Waals surface area contributed by atoms with Crippen molar-refractivity contribution in [2.45, 2.75) is 12.8 Å². The zero-order valence-corrected chi connectivity index (χ0v) is 11.2. The van der Waals surface area contributed by atoms with Gasteiger partial charge in [0.2, 0.25) is 11.8 Å². The zero-order chi connectivity index (χ0) is 14.4. The predicted molar refractivity (Wildman–Crippen MR) is 75.4 cm³/mol. The van der Waals surface area contributed by atoms with Crippen molar-refractivity contribution in [2.75, 3.05) is 25.0 Å². The molecule has 0 spiro atoms. The monoisotopic (exact) mass is 277 g/mol. The Morgan fingerprint density at radius 2 is 2.15 bits per heavy atom. The second-order valence-electron chi connectivity index (χ2n) is 4.69. The Balaban J connectivity index is 1.86. The van der Waals surface area contributed by atoms with Crippen LogP contribution in [0.15, 0.2) is 24.3 Å². The fourth-order valence-corrected chi connectivity index (χ4v) is 2.01. The molecule has 1 aliphatic rings. The number of amides is 2. The lowest BCUT2D eigenvalue weighted by Gasteiger charge is -2.21. The average Bonchev–Trinajstić information content (AvgIpc) is 2.47. The van der Waals surface area contributed by atoms with E-state index in [-0.39, 0.29) is 17.7 Å². The molecule has 1 heterocycles. The molecule has 108 valence electrons. The van der Waals surface area contributed by atoms with E-state index >= 15 is 0 Å². The van der Waals surface area contributed by atoms with Crippen molar-refractivity contribution in [3.05, 3.63) is 24.3 Å². The minimum Gasteiger partial charge on any atom is -0.492 e. The van der Waals surface area contributed by atoms with Crippen LogP contribution in [-0.4, -0.2) is 31.5 Å². The number of rotatable bonds is 5. The van der Waals surface area contributed by atoms with Gasteiger partial charge >= 0.3 is 0 Å². The number of carbonyl (C=O) groups is 2. The van der Waals surface area contributed by atoms with E-state index in [4.69, 9.17) is 10.5 Å². The van der Waals surface area contributed by atoms with Crippen molar-refractivity contribution in [3.8, 4) is 5.75 Å². The van der Waals surface area contributed by atoms with Gasteiger partial charge in [-0.05, 0) is 30.7 Å². The number of ether oxygens (including phenoxy) is 1. The summed E-state index contributed by atoms with van der Waals surface area (Å²) in [6, 6.07) is 7.14. The minimum absolute atomic E-state index is 0.00968. The van der Waals surface area contributed by atoms with Crippen LogP contribution in [0.2, 0.25) is 0 Å². The summed E-state index contributed by atoms with van der Waals surface area (Å²) in [6.45, 7) is 1.34. The van der Waals surface area contributed by atoms with Crippen molar-refractivity contribution < 1.29 is 14.3 Å². The highest BCUT2D eigenvalue weighted by Gasteiger charge is 2.24. The van der Waals surface area contributed by atoms with Crippen LogP contribution in [0.25, 0.3) is 0 Å². The van der Waals surface area contributed by atoms with E-state index in [1.165, 1.54) is 0 Å². The third-order valence-electron chi connectivity index (χ3n) is 3.14. The van der Waals surface area contributed by atoms with E-state index in [9.17, 15) is 9.59 Å². The van der Waals surface area contributed by atoms with Crippen LogP contribution in [0.5, 0.6) is 5.75 Å². The SMILES string of the molecule is NCCOc1ccc(NC(=O)C2CCC(=O)NC2)cc1. The van der Waals surface area contributed by atoms with Crippen LogP contribution in [0, 0.1) is 5.92 Å². The molecular formula is C14H19N3O3. The van der Waals surface area contributed by atoms with Gasteiger partial charge < -0.3 is 21.1 Å². The number of piperidine rings is 1. The summed E-state index contributed by atoms with van der Waals surface area (Å²) in [5.74, 6) is 0.496. The molecule has 20 heavy (non-hydrogen) atoms. The van der Waals surface area contributed by atoms with Crippen LogP contribution >= 0.6 is 0 Å². The van der Waals surface area contributed by atoms with Gasteiger partial charge in [-0.1, -0.05) is 0 Å². The molecule has 6 nitrogen and oxygen atoms in total. The molecular weight excluding hydrogens is 258 g/mol. The lowest BCUT2D eigenvalue weighted by molar-refractivity contribution is -0.126. The summed E-state index contributed by atoms with van der Waals surface area (Å²) in [5.41, 5.74) is 6.07. The second-order valence-corrected chi connectivity index (χ2v) is 4.69. The number of nitrogens with one attached hydrogen (secondary N) is 2. The van der Waals surface area contributed by atoms with Gasteiger partial charge in [-0.3, -0.25) is 9.59 Å². The molecule has 0 aliphatic carbocycles. The maximum atomic E-state index is 12.0. The largest absolute Gasteiger partial charge is 0.492 e. The number of hydrogen-bond acceptors (Lipinski definition) is 4. The molecule has 1 aromatic carbocycles. The molecule has 0 radical (unpaired) electrons. The molecule has 0 aromatic heterocycles. The van der Waals surface area contributed by atoms with Gasteiger partial charge in [0, 0.05) is 25.2 Å². The van der Waals surface area contributed by atoms with Crippen LogP contribution in [0.4, 0.5) is 5.69 Å². The number of benzene rings is 1. The van der Waals surface area contributed by atoms with Crippen LogP contribution < -0.4 is 21.1 Å². The molecule has 1 aliphatic heterocycles. The average molecular weight is 277 g/mol. The number of carbonyl (C=O) groups excluding carboxylic acids is 2. The molecule has 1 saturated heterocycles. The van der Waals surface area contributed by atoms with Gasteiger partial charge in [0.25, 0.3) is 0 Å². The Hall–Kier alpha value is -2.08. The summed E-state index contributed by atoms with van der Waals surface area (Å²) in [5, 5.41) is 5.54. The van der Waals surface area contributed by atoms with Crippen molar-refractivity contribution >= 4 is 17.5 Å². The first-order valence-electron chi connectivity index (χ1n) is 6.69. The minimum atomic E-state index is -0.166. The highest BCUT2D eigenvalue weighted by atomic mass is 16.5. The summed E-state index contributed by atoms with van der Waals surface area (Å²) in [7, 11) is 0. The molecule has 0 bridgehead atoms. The fourth-order valence-electron chi connectivity index (χ4n) is 2.01. The van der Waals surface area contributed by atoms with Crippen LogP contribution in [0.3, 0.4) is 0 Å². The molecule has 1 fully saturated rings. The molecule has 1 unspecified atom stereocenters. The molecule has 2 amide bonds. The summed E-state index contributed by atoms with van der Waals surface area (Å²) in [4.78, 5) is 23.1. The highest BCUT2D eigenvalue weighted by Crippen LogP contribution is 2.18. The maximum absolute atomic E-state index is 12.0. The number of hydrogen-bond donors (Lipinski definition) is 3. The van der Waals surface area contributed by atoms with E-state index in [2.05, 4.69) is 10.6 Å². The zero-order valence-electron chi connectivity index (χ0n) is 11.2. The Labute approximate surface area is 117 Å². The standard InChI is InChI=1S/C14H19N3O3/c15-7-8-20-12-4-2-11(3-5-12)17-14(19)10-1-6-13(18)16-9-10/h2-5,10H,1,6-9,15H2,(H,16,18)(H,17,19). The van der Waals surface area contributed by atoms with Crippen LogP contribution in [-0.2, 0) is 9.59 Å². The first-order valence-corrected chi connectivity index (χ1v) is 6.69. The first-order chi connectivity index (χ1) is 9.69. The van der Waals surface area contributed by atoms with E-state index in [0.29, 0.717) is 38.2 Å². The highest BCUT2D eigenvalue weighted by molar-refractivity contribution is 5.94. The van der Waals surface area contributed by atoms with Crippen LogP contribution in [0.1, 0.15) is 12.8 Å². The van der Waals surface area contributed by atoms with Crippen molar-refractivity contribution in [1.82, 2.24) is 5.32 Å². The molecule has 6 heteroatoms. The van der Waals surface area contributed by atoms with E-state index in [0.717, 1.165) is 5.75 Å². The Morgan fingerprint density at radius 3 is 2.75 bits per heavy atom. The Morgan fingerprint density at radius 1 is 1.40 bits per heavy atom. The van der Waals surface area contributed by atoms with Crippen molar-refractivity contribution in [1.29, 1.82) is 0 Å². The summed E-state index contributed by atoms with van der Waals surface area (Å²) < 4.78 is 5.36. The van der Waals surface area contributed by atoms with E-state index in [1.807, 2.05) is 0 Å². The predicted octanol–water partition coefficient (Wildman–Crippen LogP) is 0.489. The van der Waals surface area contributed by atoms with Gasteiger partial charge in [-0.15, -0.1) is 0 Å². The quantitative estimate of drug-likeness (QED) is 0.730. The first kappa shape index (κ1) is 14.3. The van der Waals surface area contributed by atoms with Crippen molar-refractivity contribution in [2.24, 2.45) is 11.7 Å². The molecule has 0 saturated carbocycles. The maximum Gasteiger partial charge on any atom is 0.229 e. The van der Waals surface area contributed by atoms with Gasteiger partial charge in [0.15, 0.2) is 0 Å². The molecule has 2 rings (SSSR count). The van der Waals surface area contributed by atoms with Crippen molar-refractivity contribution in [3.63, 3.8) is 0 Å². The molecule has 4 N–H and O–H groups in total. The van der Waals surface area contributed by atoms with E-state index < -0.39 is 0 Å². The lowest BCUT2D eigenvalue weighted by Crippen LogP contribution is -2.40. The Bertz CT molecular complexity index is 463. The number of nitrogens with two attached hydrogens (primary N) is 1. The molecule has 1 atom stereocenters. The summed E-state index contributed by atoms with van der Waals surface area (Å²) >= 11 is 0. The van der Waals surface area contributed by atoms with E-state index in [1.54, 1.807) is 24.3 Å². The third kappa shape index (κ3) is 3.96. The van der Waals surface area contributed by atoms with Gasteiger partial charge in [-0.2, -0.15) is 0 Å². The Kier molecular flexibility index (Phi) is 4.95. The summed E-state index contributed by atoms with van der Waals surface area (Å²) in [6.07, 6.45) is 0.999. The second kappa shape index (κ2) is 6.91. The smallest absolute Gasteiger partial charge is 0.229 e. The third-order valence-corrected chi connectivity index (χ3v) is 3.14. The number of anilines is 1. The lowest BCUT2D eigenvalue weighted by atomic mass is 9.98. The molecule has 1 aromatic rings. The van der Waals surface area contributed by atoms with Gasteiger partial charge in [0.05, 0.1) is 5.92 Å².